The highest BCUT2D eigenvalue weighted by Crippen LogP contribution is 2.24. The Kier molecular flexibility index (Phi) is 4.46. The van der Waals surface area contributed by atoms with Crippen LogP contribution in [0.1, 0.15) is 12.6 Å². The molecule has 1 aromatic carbocycles. The van der Waals surface area contributed by atoms with Crippen LogP contribution in [0.2, 0.25) is 0 Å². The fraction of sp³-hybridized carbons (Fsp3) is 0.316. The Labute approximate surface area is 155 Å². The number of rotatable bonds is 3. The smallest absolute Gasteiger partial charge is 0.228 e. The van der Waals surface area contributed by atoms with E-state index in [2.05, 4.69) is 4.98 Å². The van der Waals surface area contributed by atoms with E-state index in [1.165, 1.54) is 0 Å². The number of hydrogen-bond acceptors (Lipinski definition) is 4. The van der Waals surface area contributed by atoms with Crippen LogP contribution in [-0.2, 0) is 16.0 Å². The molecule has 1 fully saturated rings. The summed E-state index contributed by atoms with van der Waals surface area (Å²) in [5.74, 6) is 0.173. The van der Waals surface area contributed by atoms with Crippen LogP contribution in [0.25, 0.3) is 16.2 Å². The predicted octanol–water partition coefficient (Wildman–Crippen LogP) is 2.30. The van der Waals surface area contributed by atoms with Crippen molar-refractivity contribution in [3.05, 3.63) is 47.6 Å². The zero-order valence-corrected chi connectivity index (χ0v) is 15.4. The Morgan fingerprint density at radius 3 is 2.46 bits per heavy atom. The number of benzene rings is 1. The van der Waals surface area contributed by atoms with Gasteiger partial charge in [0.1, 0.15) is 0 Å². The Hall–Kier alpha value is -2.67. The molecule has 2 aromatic heterocycles. The molecule has 7 heteroatoms. The molecule has 3 heterocycles. The molecule has 0 saturated carbocycles. The van der Waals surface area contributed by atoms with Crippen molar-refractivity contribution in [2.24, 2.45) is 0 Å². The molecular formula is C19H20N4O2S. The zero-order valence-electron chi connectivity index (χ0n) is 14.6. The third kappa shape index (κ3) is 3.22. The molecule has 6 nitrogen and oxygen atoms in total. The number of carbonyl (C=O) groups excluding carboxylic acids is 2. The quantitative estimate of drug-likeness (QED) is 0.713. The molecule has 0 aliphatic carbocycles. The molecule has 26 heavy (non-hydrogen) atoms. The molecule has 2 amide bonds. The predicted molar refractivity (Wildman–Crippen MR) is 101 cm³/mol. The number of amides is 2. The van der Waals surface area contributed by atoms with Crippen molar-refractivity contribution in [3.63, 3.8) is 0 Å². The lowest BCUT2D eigenvalue weighted by Crippen LogP contribution is -2.50. The standard InChI is InChI=1S/C19H20N4O2S/c1-14(24)21-7-9-22(10-8-21)18(25)11-16-13-26-19-20-17(12-23(16)19)15-5-3-2-4-6-15/h2-6,12-13H,7-11H2,1H3. The molecule has 3 aromatic rings. The average Bonchev–Trinajstić information content (AvgIpc) is 3.24. The number of hydrogen-bond donors (Lipinski definition) is 0. The molecule has 0 N–H and O–H groups in total. The van der Waals surface area contributed by atoms with Crippen LogP contribution in [0, 0.1) is 0 Å². The van der Waals surface area contributed by atoms with Crippen molar-refractivity contribution in [3.8, 4) is 11.3 Å². The number of imidazole rings is 1. The minimum Gasteiger partial charge on any atom is -0.339 e. The lowest BCUT2D eigenvalue weighted by molar-refractivity contribution is -0.138. The molecular weight excluding hydrogens is 348 g/mol. The van der Waals surface area contributed by atoms with Gasteiger partial charge < -0.3 is 9.80 Å². The van der Waals surface area contributed by atoms with Crippen molar-refractivity contribution in [1.29, 1.82) is 0 Å². The van der Waals surface area contributed by atoms with Gasteiger partial charge in [0.05, 0.1) is 12.1 Å². The first-order valence-corrected chi connectivity index (χ1v) is 9.54. The SMILES string of the molecule is CC(=O)N1CCN(C(=O)Cc2csc3nc(-c4ccccc4)cn23)CC1. The van der Waals surface area contributed by atoms with Gasteiger partial charge in [-0.3, -0.25) is 14.0 Å². The summed E-state index contributed by atoms with van der Waals surface area (Å²) in [7, 11) is 0. The lowest BCUT2D eigenvalue weighted by Gasteiger charge is -2.34. The Bertz CT molecular complexity index is 939. The molecule has 0 unspecified atom stereocenters. The van der Waals surface area contributed by atoms with E-state index in [-0.39, 0.29) is 11.8 Å². The second-order valence-electron chi connectivity index (χ2n) is 6.44. The minimum absolute atomic E-state index is 0.0727. The van der Waals surface area contributed by atoms with Gasteiger partial charge in [-0.15, -0.1) is 11.3 Å². The second kappa shape index (κ2) is 6.92. The first kappa shape index (κ1) is 16.8. The van der Waals surface area contributed by atoms with Crippen molar-refractivity contribution in [2.45, 2.75) is 13.3 Å². The monoisotopic (exact) mass is 368 g/mol. The number of carbonyl (C=O) groups is 2. The third-order valence-electron chi connectivity index (χ3n) is 4.76. The topological polar surface area (TPSA) is 57.9 Å². The molecule has 1 aliphatic rings. The highest BCUT2D eigenvalue weighted by atomic mass is 32.1. The van der Waals surface area contributed by atoms with E-state index >= 15 is 0 Å². The molecule has 1 aliphatic heterocycles. The van der Waals surface area contributed by atoms with Crippen molar-refractivity contribution < 1.29 is 9.59 Å². The maximum Gasteiger partial charge on any atom is 0.228 e. The fourth-order valence-electron chi connectivity index (χ4n) is 3.24. The first-order valence-electron chi connectivity index (χ1n) is 8.66. The van der Waals surface area contributed by atoms with Gasteiger partial charge in [-0.25, -0.2) is 4.98 Å². The molecule has 1 saturated heterocycles. The van der Waals surface area contributed by atoms with Gasteiger partial charge in [0.15, 0.2) is 4.96 Å². The Morgan fingerprint density at radius 1 is 1.08 bits per heavy atom. The van der Waals surface area contributed by atoms with Gasteiger partial charge in [-0.05, 0) is 0 Å². The summed E-state index contributed by atoms with van der Waals surface area (Å²) < 4.78 is 2.01. The van der Waals surface area contributed by atoms with E-state index in [1.54, 1.807) is 23.2 Å². The normalized spacial score (nSPS) is 14.8. The van der Waals surface area contributed by atoms with Gasteiger partial charge in [0.2, 0.25) is 11.8 Å². The van der Waals surface area contributed by atoms with Crippen LogP contribution >= 0.6 is 11.3 Å². The van der Waals surface area contributed by atoms with Crippen LogP contribution in [0.15, 0.2) is 41.9 Å². The fourth-order valence-corrected chi connectivity index (χ4v) is 4.11. The van der Waals surface area contributed by atoms with E-state index in [1.807, 2.05) is 51.2 Å². The van der Waals surface area contributed by atoms with Gasteiger partial charge in [0.25, 0.3) is 0 Å². The second-order valence-corrected chi connectivity index (χ2v) is 7.27. The number of fused-ring (bicyclic) bond motifs is 1. The molecule has 0 bridgehead atoms. The van der Waals surface area contributed by atoms with Gasteiger partial charge in [-0.2, -0.15) is 0 Å². The Balaban J connectivity index is 1.48. The zero-order chi connectivity index (χ0) is 18.1. The van der Waals surface area contributed by atoms with E-state index in [0.717, 1.165) is 21.9 Å². The van der Waals surface area contributed by atoms with E-state index in [0.29, 0.717) is 32.6 Å². The molecule has 0 radical (unpaired) electrons. The minimum atomic E-state index is 0.0727. The van der Waals surface area contributed by atoms with Crippen molar-refractivity contribution in [2.75, 3.05) is 26.2 Å². The average molecular weight is 368 g/mol. The van der Waals surface area contributed by atoms with E-state index < -0.39 is 0 Å². The summed E-state index contributed by atoms with van der Waals surface area (Å²) in [6.45, 7) is 4.01. The van der Waals surface area contributed by atoms with Crippen LogP contribution in [0.5, 0.6) is 0 Å². The summed E-state index contributed by atoms with van der Waals surface area (Å²) >= 11 is 1.55. The molecule has 0 spiro atoms. The van der Waals surface area contributed by atoms with Crippen LogP contribution in [0.4, 0.5) is 0 Å². The maximum atomic E-state index is 12.7. The number of aromatic nitrogens is 2. The lowest BCUT2D eigenvalue weighted by atomic mass is 10.2. The largest absolute Gasteiger partial charge is 0.339 e. The molecule has 134 valence electrons. The number of nitrogens with zero attached hydrogens (tertiary/aromatic N) is 4. The molecule has 4 rings (SSSR count). The van der Waals surface area contributed by atoms with Gasteiger partial charge in [-0.1, -0.05) is 30.3 Å². The van der Waals surface area contributed by atoms with Gasteiger partial charge in [0, 0.05) is 55.9 Å². The van der Waals surface area contributed by atoms with Crippen molar-refractivity contribution >= 4 is 28.1 Å². The maximum absolute atomic E-state index is 12.7. The number of thiazole rings is 1. The highest BCUT2D eigenvalue weighted by Gasteiger charge is 2.23. The third-order valence-corrected chi connectivity index (χ3v) is 5.65. The number of piperazine rings is 1. The van der Waals surface area contributed by atoms with Crippen molar-refractivity contribution in [1.82, 2.24) is 19.2 Å². The summed E-state index contributed by atoms with van der Waals surface area (Å²) in [5.41, 5.74) is 2.95. The van der Waals surface area contributed by atoms with Crippen LogP contribution in [-0.4, -0.2) is 57.2 Å². The highest BCUT2D eigenvalue weighted by molar-refractivity contribution is 7.15. The van der Waals surface area contributed by atoms with Crippen LogP contribution < -0.4 is 0 Å². The first-order chi connectivity index (χ1) is 12.6. The summed E-state index contributed by atoms with van der Waals surface area (Å²) in [5, 5.41) is 2.00. The summed E-state index contributed by atoms with van der Waals surface area (Å²) in [4.78, 5) is 33.3. The summed E-state index contributed by atoms with van der Waals surface area (Å²) in [6, 6.07) is 10.0. The van der Waals surface area contributed by atoms with Crippen LogP contribution in [0.3, 0.4) is 0 Å². The van der Waals surface area contributed by atoms with E-state index in [4.69, 9.17) is 0 Å². The van der Waals surface area contributed by atoms with Gasteiger partial charge >= 0.3 is 0 Å². The molecule has 0 atom stereocenters. The summed E-state index contributed by atoms with van der Waals surface area (Å²) in [6.07, 6.45) is 2.35. The van der Waals surface area contributed by atoms with E-state index in [9.17, 15) is 9.59 Å². The Morgan fingerprint density at radius 2 is 1.77 bits per heavy atom.